The molecule has 1 aromatic heterocycles. The highest BCUT2D eigenvalue weighted by molar-refractivity contribution is 6.42. The molecule has 0 unspecified atom stereocenters. The minimum Gasteiger partial charge on any atom is -0.397 e. The van der Waals surface area contributed by atoms with Crippen molar-refractivity contribution in [1.82, 2.24) is 4.57 Å². The molecule has 3 heterocycles. The molecule has 2 aromatic rings. The number of halogens is 2. The van der Waals surface area contributed by atoms with E-state index >= 15 is 0 Å². The maximum absolute atomic E-state index is 10.7. The highest BCUT2D eigenvalue weighted by atomic mass is 35.5. The molecule has 0 bridgehead atoms. The maximum Gasteiger partial charge on any atom is 0.200 e. The molecule has 29 heavy (non-hydrogen) atoms. The normalized spacial score (nSPS) is 28.6. The molecule has 0 amide bonds. The van der Waals surface area contributed by atoms with E-state index in [9.17, 15) is 15.3 Å². The highest BCUT2D eigenvalue weighted by Crippen LogP contribution is 2.38. The SMILES string of the molecule is CO/N=C1\N=CCc2c1ccn2[C@@H]1O[C@H]([C@H](O)c2ccc(Cl)c(Cl)c2)[C@@H](O)[C@H]1O. The third-order valence-electron chi connectivity index (χ3n) is 5.09. The summed E-state index contributed by atoms with van der Waals surface area (Å²) >= 11 is 11.9. The number of aromatic nitrogens is 1. The van der Waals surface area contributed by atoms with Crippen molar-refractivity contribution in [2.24, 2.45) is 10.1 Å². The van der Waals surface area contributed by atoms with Crippen LogP contribution in [0.15, 0.2) is 40.6 Å². The van der Waals surface area contributed by atoms with Gasteiger partial charge in [0.05, 0.1) is 10.0 Å². The summed E-state index contributed by atoms with van der Waals surface area (Å²) < 4.78 is 7.61. The molecular formula is C19H19Cl2N3O5. The molecule has 5 atom stereocenters. The fourth-order valence-electron chi connectivity index (χ4n) is 3.65. The minimum absolute atomic E-state index is 0.275. The Morgan fingerprint density at radius 3 is 2.76 bits per heavy atom. The lowest BCUT2D eigenvalue weighted by molar-refractivity contribution is -0.0864. The fourth-order valence-corrected chi connectivity index (χ4v) is 3.95. The van der Waals surface area contributed by atoms with Crippen molar-refractivity contribution >= 4 is 35.3 Å². The lowest BCUT2D eigenvalue weighted by atomic mass is 9.99. The van der Waals surface area contributed by atoms with Crippen LogP contribution in [-0.2, 0) is 16.0 Å². The first-order valence-corrected chi connectivity index (χ1v) is 9.66. The van der Waals surface area contributed by atoms with Gasteiger partial charge in [0, 0.05) is 30.1 Å². The topological polar surface area (TPSA) is 109 Å². The van der Waals surface area contributed by atoms with Crippen molar-refractivity contribution in [3.8, 4) is 0 Å². The molecule has 1 saturated heterocycles. The highest BCUT2D eigenvalue weighted by Gasteiger charge is 2.47. The summed E-state index contributed by atoms with van der Waals surface area (Å²) in [4.78, 5) is 9.02. The monoisotopic (exact) mass is 439 g/mol. The molecule has 0 aliphatic carbocycles. The molecule has 1 fully saturated rings. The molecule has 0 radical (unpaired) electrons. The Hall–Kier alpha value is -1.94. The molecule has 2 aliphatic rings. The molecule has 8 nitrogen and oxygen atoms in total. The zero-order valence-electron chi connectivity index (χ0n) is 15.3. The molecule has 2 aliphatic heterocycles. The van der Waals surface area contributed by atoms with E-state index < -0.39 is 30.6 Å². The number of aliphatic hydroxyl groups excluding tert-OH is 3. The van der Waals surface area contributed by atoms with E-state index in [0.29, 0.717) is 22.8 Å². The number of fused-ring (bicyclic) bond motifs is 1. The largest absolute Gasteiger partial charge is 0.397 e. The predicted octanol–water partition coefficient (Wildman–Crippen LogP) is 2.08. The third kappa shape index (κ3) is 3.56. The van der Waals surface area contributed by atoms with Gasteiger partial charge in [-0.1, -0.05) is 34.4 Å². The zero-order valence-corrected chi connectivity index (χ0v) is 16.8. The smallest absolute Gasteiger partial charge is 0.200 e. The first-order chi connectivity index (χ1) is 13.9. The van der Waals surface area contributed by atoms with E-state index in [1.54, 1.807) is 35.2 Å². The van der Waals surface area contributed by atoms with Crippen molar-refractivity contribution < 1.29 is 24.9 Å². The Bertz CT molecular complexity index is 977. The van der Waals surface area contributed by atoms with Crippen LogP contribution < -0.4 is 0 Å². The Morgan fingerprint density at radius 1 is 1.24 bits per heavy atom. The summed E-state index contributed by atoms with van der Waals surface area (Å²) in [5, 5.41) is 36.4. The zero-order chi connectivity index (χ0) is 20.7. The average molecular weight is 440 g/mol. The second-order valence-corrected chi connectivity index (χ2v) is 7.60. The number of aliphatic hydroxyl groups is 3. The third-order valence-corrected chi connectivity index (χ3v) is 5.83. The van der Waals surface area contributed by atoms with E-state index in [0.717, 1.165) is 11.3 Å². The van der Waals surface area contributed by atoms with Gasteiger partial charge in [0.25, 0.3) is 0 Å². The van der Waals surface area contributed by atoms with Gasteiger partial charge in [-0.15, -0.1) is 0 Å². The van der Waals surface area contributed by atoms with Crippen molar-refractivity contribution in [1.29, 1.82) is 0 Å². The van der Waals surface area contributed by atoms with Gasteiger partial charge in [0.1, 0.15) is 31.5 Å². The number of oxime groups is 1. The number of amidine groups is 1. The quantitative estimate of drug-likeness (QED) is 0.631. The predicted molar refractivity (Wildman–Crippen MR) is 108 cm³/mol. The molecule has 0 spiro atoms. The Morgan fingerprint density at radius 2 is 2.03 bits per heavy atom. The van der Waals surface area contributed by atoms with Gasteiger partial charge in [0.15, 0.2) is 12.1 Å². The van der Waals surface area contributed by atoms with E-state index in [-0.39, 0.29) is 5.02 Å². The number of hydrogen-bond donors (Lipinski definition) is 3. The van der Waals surface area contributed by atoms with Crippen LogP contribution in [0.25, 0.3) is 0 Å². The number of rotatable bonds is 4. The van der Waals surface area contributed by atoms with Gasteiger partial charge in [0.2, 0.25) is 0 Å². The van der Waals surface area contributed by atoms with Crippen LogP contribution in [0.1, 0.15) is 29.2 Å². The van der Waals surface area contributed by atoms with Gasteiger partial charge in [-0.05, 0) is 23.8 Å². The average Bonchev–Trinajstić information content (AvgIpc) is 3.26. The Balaban J connectivity index is 1.62. The number of ether oxygens (including phenoxy) is 1. The maximum atomic E-state index is 10.7. The van der Waals surface area contributed by atoms with Crippen LogP contribution in [-0.4, -0.2) is 57.4 Å². The molecule has 10 heteroatoms. The van der Waals surface area contributed by atoms with Crippen LogP contribution in [0.4, 0.5) is 0 Å². The van der Waals surface area contributed by atoms with Crippen molar-refractivity contribution in [2.75, 3.05) is 7.11 Å². The van der Waals surface area contributed by atoms with Crippen LogP contribution in [0.2, 0.25) is 10.0 Å². The van der Waals surface area contributed by atoms with Gasteiger partial charge < -0.3 is 29.5 Å². The van der Waals surface area contributed by atoms with Crippen LogP contribution in [0, 0.1) is 0 Å². The molecular weight excluding hydrogens is 421 g/mol. The van der Waals surface area contributed by atoms with Crippen LogP contribution >= 0.6 is 23.2 Å². The minimum atomic E-state index is -1.31. The van der Waals surface area contributed by atoms with Crippen molar-refractivity contribution in [3.05, 3.63) is 57.3 Å². The first-order valence-electron chi connectivity index (χ1n) is 8.90. The van der Waals surface area contributed by atoms with E-state index in [2.05, 4.69) is 10.1 Å². The molecule has 3 N–H and O–H groups in total. The van der Waals surface area contributed by atoms with E-state index in [4.69, 9.17) is 32.8 Å². The number of aliphatic imine (C=N–C) groups is 1. The number of hydrogen-bond acceptors (Lipinski definition) is 6. The summed E-state index contributed by atoms with van der Waals surface area (Å²) in [5.41, 5.74) is 1.97. The fraction of sp³-hybridized carbons (Fsp3) is 0.368. The van der Waals surface area contributed by atoms with Crippen LogP contribution in [0.3, 0.4) is 0 Å². The second-order valence-electron chi connectivity index (χ2n) is 6.79. The number of benzene rings is 1. The van der Waals surface area contributed by atoms with Crippen molar-refractivity contribution in [3.63, 3.8) is 0 Å². The Kier molecular flexibility index (Phi) is 5.65. The van der Waals surface area contributed by atoms with E-state index in [1.807, 2.05) is 0 Å². The van der Waals surface area contributed by atoms with Gasteiger partial charge in [-0.2, -0.15) is 0 Å². The summed E-state index contributed by atoms with van der Waals surface area (Å²) in [6.45, 7) is 0. The second kappa shape index (κ2) is 8.06. The first kappa shape index (κ1) is 20.3. The molecule has 4 rings (SSSR count). The lowest BCUT2D eigenvalue weighted by Gasteiger charge is -2.22. The van der Waals surface area contributed by atoms with Gasteiger partial charge >= 0.3 is 0 Å². The summed E-state index contributed by atoms with van der Waals surface area (Å²) in [7, 11) is 1.43. The molecule has 1 aromatic carbocycles. The van der Waals surface area contributed by atoms with Crippen molar-refractivity contribution in [2.45, 2.75) is 37.1 Å². The molecule has 0 saturated carbocycles. The van der Waals surface area contributed by atoms with Gasteiger partial charge in [-0.25, -0.2) is 4.99 Å². The summed E-state index contributed by atoms with van der Waals surface area (Å²) in [6, 6.07) is 6.44. The molecule has 154 valence electrons. The van der Waals surface area contributed by atoms with Gasteiger partial charge in [-0.3, -0.25) is 0 Å². The van der Waals surface area contributed by atoms with Crippen LogP contribution in [0.5, 0.6) is 0 Å². The lowest BCUT2D eigenvalue weighted by Crippen LogP contribution is -2.35. The summed E-state index contributed by atoms with van der Waals surface area (Å²) in [6.07, 6.45) is -1.84. The Labute approximate surface area is 176 Å². The standard InChI is InChI=1S/C19H19Cl2N3O5/c1-28-23-18-10-5-7-24(13(10)4-6-22-18)19-16(27)15(26)17(29-19)14(25)9-2-3-11(20)12(21)8-9/h2-3,5-8,14-17,19,25-27H,4H2,1H3/b23-18-/t14-,15+,16-,17-,19-/m1/s1. The number of nitrogens with zero attached hydrogens (tertiary/aromatic N) is 3. The summed E-state index contributed by atoms with van der Waals surface area (Å²) in [5.74, 6) is 0.410. The van der Waals surface area contributed by atoms with E-state index in [1.165, 1.54) is 13.2 Å².